The summed E-state index contributed by atoms with van der Waals surface area (Å²) < 4.78 is 1.24. The fourth-order valence-electron chi connectivity index (χ4n) is 2.82. The third kappa shape index (κ3) is 3.26. The van der Waals surface area contributed by atoms with Crippen molar-refractivity contribution in [1.29, 1.82) is 0 Å². The number of fused-ring (bicyclic) bond motifs is 1. The van der Waals surface area contributed by atoms with Crippen LogP contribution in [-0.2, 0) is 11.2 Å². The highest BCUT2D eigenvalue weighted by molar-refractivity contribution is 6.04. The van der Waals surface area contributed by atoms with Crippen molar-refractivity contribution >= 4 is 22.6 Å². The third-order valence-electron chi connectivity index (χ3n) is 4.01. The van der Waals surface area contributed by atoms with E-state index < -0.39 is 5.91 Å². The maximum absolute atomic E-state index is 13.1. The predicted octanol–water partition coefficient (Wildman–Crippen LogP) is 2.33. The van der Waals surface area contributed by atoms with E-state index in [1.54, 1.807) is 54.6 Å². The Balaban J connectivity index is 2.24. The van der Waals surface area contributed by atoms with Crippen molar-refractivity contribution < 1.29 is 9.59 Å². The second kappa shape index (κ2) is 7.31. The van der Waals surface area contributed by atoms with E-state index in [0.717, 1.165) is 0 Å². The van der Waals surface area contributed by atoms with Gasteiger partial charge in [0.25, 0.3) is 11.5 Å². The van der Waals surface area contributed by atoms with Crippen LogP contribution in [0.4, 0.5) is 0 Å². The summed E-state index contributed by atoms with van der Waals surface area (Å²) in [5.41, 5.74) is 0.606. The molecule has 0 fully saturated rings. The predicted molar refractivity (Wildman–Crippen MR) is 99.9 cm³/mol. The van der Waals surface area contributed by atoms with Crippen LogP contribution in [0, 0.1) is 0 Å². The normalized spacial score (nSPS) is 10.7. The third-order valence-corrected chi connectivity index (χ3v) is 4.01. The van der Waals surface area contributed by atoms with Crippen LogP contribution >= 0.6 is 0 Å². The molecule has 0 aliphatic rings. The Morgan fingerprint density at radius 2 is 1.69 bits per heavy atom. The number of ketones is 1. The van der Waals surface area contributed by atoms with E-state index in [9.17, 15) is 14.4 Å². The summed E-state index contributed by atoms with van der Waals surface area (Å²) >= 11 is 0. The molecule has 0 saturated heterocycles. The number of Topliss-reactive ketones (excluding diaryl/α,β-unsaturated/α-hetero) is 1. The molecule has 0 spiro atoms. The van der Waals surface area contributed by atoms with Crippen LogP contribution < -0.4 is 10.6 Å². The molecule has 132 valence electrons. The average Bonchev–Trinajstić information content (AvgIpc) is 2.66. The molecule has 0 bridgehead atoms. The Morgan fingerprint density at radius 3 is 2.35 bits per heavy atom. The molecule has 0 atom stereocenters. The van der Waals surface area contributed by atoms with Crippen LogP contribution in [0.15, 0.2) is 59.4 Å². The summed E-state index contributed by atoms with van der Waals surface area (Å²) in [5, 5.41) is 1.58. The molecule has 3 rings (SSSR count). The van der Waals surface area contributed by atoms with Crippen molar-refractivity contribution in [1.82, 2.24) is 9.66 Å². The van der Waals surface area contributed by atoms with Crippen molar-refractivity contribution in [2.75, 3.05) is 11.6 Å². The minimum atomic E-state index is -0.422. The quantitative estimate of drug-likeness (QED) is 0.709. The molecule has 1 heterocycles. The summed E-state index contributed by atoms with van der Waals surface area (Å²) in [5.74, 6) is -0.217. The highest BCUT2D eigenvalue weighted by Crippen LogP contribution is 2.11. The molecule has 0 N–H and O–H groups in total. The van der Waals surface area contributed by atoms with Gasteiger partial charge in [-0.2, -0.15) is 4.68 Å². The maximum Gasteiger partial charge on any atom is 0.280 e. The smallest absolute Gasteiger partial charge is 0.280 e. The number of para-hydroxylation sites is 1. The lowest BCUT2D eigenvalue weighted by atomic mass is 10.2. The number of aryl methyl sites for hydroxylation is 1. The molecule has 0 aliphatic carbocycles. The summed E-state index contributed by atoms with van der Waals surface area (Å²) in [6, 6.07) is 15.6. The van der Waals surface area contributed by atoms with Gasteiger partial charge in [0.1, 0.15) is 12.4 Å². The number of aromatic nitrogens is 2. The Bertz CT molecular complexity index is 1030. The van der Waals surface area contributed by atoms with Gasteiger partial charge in [-0.05, 0) is 31.2 Å². The van der Waals surface area contributed by atoms with Crippen molar-refractivity contribution in [3.8, 4) is 0 Å². The highest BCUT2D eigenvalue weighted by atomic mass is 16.2. The fourth-order valence-corrected chi connectivity index (χ4v) is 2.82. The van der Waals surface area contributed by atoms with Gasteiger partial charge in [-0.1, -0.05) is 37.3 Å². The fraction of sp³-hybridized carbons (Fsp3) is 0.200. The van der Waals surface area contributed by atoms with Gasteiger partial charge >= 0.3 is 0 Å². The first-order chi connectivity index (χ1) is 12.5. The summed E-state index contributed by atoms with van der Waals surface area (Å²) in [6.07, 6.45) is 0.441. The van der Waals surface area contributed by atoms with E-state index in [1.807, 2.05) is 6.92 Å². The van der Waals surface area contributed by atoms with E-state index in [1.165, 1.54) is 16.6 Å². The molecule has 0 aliphatic heterocycles. The van der Waals surface area contributed by atoms with Gasteiger partial charge in [0.05, 0.1) is 10.9 Å². The van der Waals surface area contributed by atoms with E-state index in [2.05, 4.69) is 4.98 Å². The van der Waals surface area contributed by atoms with Crippen LogP contribution in [0.25, 0.3) is 10.9 Å². The molecule has 2 aromatic carbocycles. The van der Waals surface area contributed by atoms with Gasteiger partial charge in [0.2, 0.25) is 0 Å². The van der Waals surface area contributed by atoms with Gasteiger partial charge in [-0.15, -0.1) is 0 Å². The number of hydrogen-bond acceptors (Lipinski definition) is 4. The Labute approximate surface area is 150 Å². The Hall–Kier alpha value is -3.28. The number of hydrogen-bond donors (Lipinski definition) is 0. The Kier molecular flexibility index (Phi) is 4.93. The second-order valence-corrected chi connectivity index (χ2v) is 5.95. The van der Waals surface area contributed by atoms with Crippen molar-refractivity contribution in [2.24, 2.45) is 0 Å². The van der Waals surface area contributed by atoms with E-state index in [-0.39, 0.29) is 17.9 Å². The first-order valence-corrected chi connectivity index (χ1v) is 8.40. The van der Waals surface area contributed by atoms with Gasteiger partial charge in [-0.25, -0.2) is 9.99 Å². The first kappa shape index (κ1) is 17.5. The SMILES string of the molecule is CCc1nc2ccccc2c(=O)n1N(CC(C)=O)C(=O)c1ccccc1. The monoisotopic (exact) mass is 349 g/mol. The molecule has 1 amide bonds. The number of benzene rings is 2. The lowest BCUT2D eigenvalue weighted by Crippen LogP contribution is -2.50. The van der Waals surface area contributed by atoms with E-state index in [4.69, 9.17) is 0 Å². The standard InChI is InChI=1S/C20H19N3O3/c1-3-18-21-17-12-8-7-11-16(17)20(26)23(18)22(13-14(2)24)19(25)15-9-5-4-6-10-15/h4-12H,3,13H2,1-2H3. The molecular weight excluding hydrogens is 330 g/mol. The van der Waals surface area contributed by atoms with Crippen molar-refractivity contribution in [3.05, 3.63) is 76.3 Å². The highest BCUT2D eigenvalue weighted by Gasteiger charge is 2.23. The molecule has 6 heteroatoms. The van der Waals surface area contributed by atoms with Crippen LogP contribution in [0.1, 0.15) is 30.0 Å². The molecular formula is C20H19N3O3. The van der Waals surface area contributed by atoms with Crippen LogP contribution in [0.3, 0.4) is 0 Å². The van der Waals surface area contributed by atoms with Crippen molar-refractivity contribution in [3.63, 3.8) is 0 Å². The van der Waals surface area contributed by atoms with Crippen LogP contribution in [-0.4, -0.2) is 27.9 Å². The lowest BCUT2D eigenvalue weighted by Gasteiger charge is -2.26. The number of nitrogens with zero attached hydrogens (tertiary/aromatic N) is 3. The van der Waals surface area contributed by atoms with Gasteiger partial charge in [-0.3, -0.25) is 14.4 Å². The van der Waals surface area contributed by atoms with E-state index >= 15 is 0 Å². The summed E-state index contributed by atoms with van der Waals surface area (Å²) in [4.78, 5) is 42.4. The molecule has 26 heavy (non-hydrogen) atoms. The zero-order valence-corrected chi connectivity index (χ0v) is 14.7. The molecule has 6 nitrogen and oxygen atoms in total. The number of carbonyl (C=O) groups excluding carboxylic acids is 2. The minimum absolute atomic E-state index is 0.208. The zero-order chi connectivity index (χ0) is 18.7. The summed E-state index contributed by atoms with van der Waals surface area (Å²) in [7, 11) is 0. The largest absolute Gasteiger partial charge is 0.298 e. The van der Waals surface area contributed by atoms with Crippen LogP contribution in [0.5, 0.6) is 0 Å². The summed E-state index contributed by atoms with van der Waals surface area (Å²) in [6.45, 7) is 3.03. The molecule has 1 aromatic heterocycles. The van der Waals surface area contributed by atoms with Gasteiger partial charge < -0.3 is 0 Å². The first-order valence-electron chi connectivity index (χ1n) is 8.40. The lowest BCUT2D eigenvalue weighted by molar-refractivity contribution is -0.115. The second-order valence-electron chi connectivity index (χ2n) is 5.95. The number of amides is 1. The van der Waals surface area contributed by atoms with E-state index in [0.29, 0.717) is 28.7 Å². The molecule has 3 aromatic rings. The minimum Gasteiger partial charge on any atom is -0.298 e. The number of rotatable bonds is 5. The molecule has 0 saturated carbocycles. The maximum atomic E-state index is 13.1. The molecule has 0 unspecified atom stereocenters. The number of carbonyl (C=O) groups is 2. The van der Waals surface area contributed by atoms with Crippen molar-refractivity contribution in [2.45, 2.75) is 20.3 Å². The zero-order valence-electron chi connectivity index (χ0n) is 14.7. The molecule has 0 radical (unpaired) electrons. The van der Waals surface area contributed by atoms with Gasteiger partial charge in [0, 0.05) is 12.0 Å². The topological polar surface area (TPSA) is 72.3 Å². The van der Waals surface area contributed by atoms with Crippen LogP contribution in [0.2, 0.25) is 0 Å². The Morgan fingerprint density at radius 1 is 1.04 bits per heavy atom. The van der Waals surface area contributed by atoms with Gasteiger partial charge in [0.15, 0.2) is 5.78 Å². The average molecular weight is 349 g/mol.